The maximum atomic E-state index is 13.3. The van der Waals surface area contributed by atoms with Crippen LogP contribution in [0.3, 0.4) is 0 Å². The number of carbonyl (C=O) groups excluding carboxylic acids is 1. The zero-order valence-electron chi connectivity index (χ0n) is 20.4. The van der Waals surface area contributed by atoms with E-state index in [0.29, 0.717) is 23.5 Å². The van der Waals surface area contributed by atoms with Crippen LogP contribution in [0.1, 0.15) is 54.7 Å². The lowest BCUT2D eigenvalue weighted by Gasteiger charge is -2.39. The molecule has 0 radical (unpaired) electrons. The number of phenols is 1. The van der Waals surface area contributed by atoms with E-state index in [2.05, 4.69) is 58.9 Å². The highest BCUT2D eigenvalue weighted by molar-refractivity contribution is 6.88. The standard InChI is InChI=1S/C28H34O4Si/c1-19(2)33(20(3)4,32-18-22-9-7-21(5)8-10-22)25-15-16-27(29)26(17-25)28(30)23-11-13-24(31-6)14-12-23/h7-17,19-20,29H,18H2,1-6H3. The molecule has 0 aliphatic rings. The van der Waals surface area contributed by atoms with Gasteiger partial charge in [0.25, 0.3) is 0 Å². The number of hydrogen-bond acceptors (Lipinski definition) is 4. The van der Waals surface area contributed by atoms with Crippen molar-refractivity contribution in [3.8, 4) is 11.5 Å². The van der Waals surface area contributed by atoms with Gasteiger partial charge >= 0.3 is 0 Å². The van der Waals surface area contributed by atoms with Gasteiger partial charge in [0, 0.05) is 5.56 Å². The Balaban J connectivity index is 2.01. The molecule has 0 heterocycles. The highest BCUT2D eigenvalue weighted by Crippen LogP contribution is 2.35. The summed E-state index contributed by atoms with van der Waals surface area (Å²) < 4.78 is 12.0. The Bertz CT molecular complexity index is 1080. The van der Waals surface area contributed by atoms with Crippen molar-refractivity contribution in [2.24, 2.45) is 0 Å². The second-order valence-electron chi connectivity index (χ2n) is 9.17. The number of aryl methyl sites for hydroxylation is 1. The summed E-state index contributed by atoms with van der Waals surface area (Å²) >= 11 is 0. The summed E-state index contributed by atoms with van der Waals surface area (Å²) in [5.74, 6) is 0.444. The van der Waals surface area contributed by atoms with Gasteiger partial charge in [0.05, 0.1) is 19.3 Å². The molecule has 3 aromatic rings. The second-order valence-corrected chi connectivity index (χ2v) is 13.9. The van der Waals surface area contributed by atoms with Gasteiger partial charge in [0.15, 0.2) is 5.78 Å². The molecule has 174 valence electrons. The van der Waals surface area contributed by atoms with E-state index in [4.69, 9.17) is 9.16 Å². The molecule has 3 rings (SSSR count). The van der Waals surface area contributed by atoms with E-state index >= 15 is 0 Å². The summed E-state index contributed by atoms with van der Waals surface area (Å²) in [5.41, 5.74) is 3.70. The third kappa shape index (κ3) is 5.20. The zero-order chi connectivity index (χ0) is 24.2. The van der Waals surface area contributed by atoms with Crippen LogP contribution in [-0.4, -0.2) is 26.3 Å². The van der Waals surface area contributed by atoms with Gasteiger partial charge in [-0.2, -0.15) is 0 Å². The Morgan fingerprint density at radius 1 is 0.909 bits per heavy atom. The number of ketones is 1. The highest BCUT2D eigenvalue weighted by Gasteiger charge is 2.44. The summed E-state index contributed by atoms with van der Waals surface area (Å²) in [5, 5.41) is 11.6. The number of ether oxygens (including phenoxy) is 1. The fourth-order valence-electron chi connectivity index (χ4n) is 4.50. The Hall–Kier alpha value is -2.89. The van der Waals surface area contributed by atoms with Gasteiger partial charge in [0.1, 0.15) is 11.5 Å². The molecule has 0 spiro atoms. The van der Waals surface area contributed by atoms with Crippen molar-refractivity contribution in [1.29, 1.82) is 0 Å². The number of aromatic hydroxyl groups is 1. The van der Waals surface area contributed by atoms with Gasteiger partial charge in [0.2, 0.25) is 8.32 Å². The molecule has 0 bridgehead atoms. The summed E-state index contributed by atoms with van der Waals surface area (Å²) in [4.78, 5) is 13.3. The fraction of sp³-hybridized carbons (Fsp3) is 0.321. The van der Waals surface area contributed by atoms with Crippen LogP contribution in [0.15, 0.2) is 66.7 Å². The largest absolute Gasteiger partial charge is 0.507 e. The van der Waals surface area contributed by atoms with E-state index < -0.39 is 8.32 Å². The third-order valence-electron chi connectivity index (χ3n) is 6.36. The van der Waals surface area contributed by atoms with Crippen molar-refractivity contribution in [3.05, 3.63) is 89.0 Å². The molecule has 4 nitrogen and oxygen atoms in total. The summed E-state index contributed by atoms with van der Waals surface area (Å²) in [6.45, 7) is 11.4. The van der Waals surface area contributed by atoms with E-state index in [-0.39, 0.29) is 22.6 Å². The van der Waals surface area contributed by atoms with Crippen LogP contribution in [0, 0.1) is 6.92 Å². The Morgan fingerprint density at radius 2 is 1.52 bits per heavy atom. The number of phenolic OH excluding ortho intramolecular Hbond substituents is 1. The van der Waals surface area contributed by atoms with Crippen molar-refractivity contribution in [1.82, 2.24) is 0 Å². The van der Waals surface area contributed by atoms with Crippen molar-refractivity contribution in [2.45, 2.75) is 52.3 Å². The molecule has 0 saturated heterocycles. The molecule has 0 fully saturated rings. The molecule has 0 aliphatic heterocycles. The van der Waals surface area contributed by atoms with Crippen LogP contribution < -0.4 is 9.92 Å². The Labute approximate surface area is 198 Å². The minimum atomic E-state index is -2.52. The minimum absolute atomic E-state index is 0.0199. The Kier molecular flexibility index (Phi) is 7.77. The van der Waals surface area contributed by atoms with Crippen molar-refractivity contribution >= 4 is 19.3 Å². The predicted octanol–water partition coefficient (Wildman–Crippen LogP) is 6.13. The summed E-state index contributed by atoms with van der Waals surface area (Å²) in [6.07, 6.45) is 0. The molecule has 5 heteroatoms. The van der Waals surface area contributed by atoms with Crippen LogP contribution in [0.4, 0.5) is 0 Å². The van der Waals surface area contributed by atoms with E-state index in [0.717, 1.165) is 10.8 Å². The first-order chi connectivity index (χ1) is 15.7. The maximum Gasteiger partial charge on any atom is 0.229 e. The topological polar surface area (TPSA) is 55.8 Å². The lowest BCUT2D eigenvalue weighted by Crippen LogP contribution is -2.56. The quantitative estimate of drug-likeness (QED) is 0.307. The lowest BCUT2D eigenvalue weighted by molar-refractivity contribution is 0.103. The molecule has 3 aromatic carbocycles. The average molecular weight is 463 g/mol. The smallest absolute Gasteiger partial charge is 0.229 e. The molecule has 0 atom stereocenters. The molecule has 0 saturated carbocycles. The van der Waals surface area contributed by atoms with Crippen LogP contribution in [0.25, 0.3) is 0 Å². The van der Waals surface area contributed by atoms with E-state index in [1.807, 2.05) is 12.1 Å². The van der Waals surface area contributed by atoms with Crippen molar-refractivity contribution in [3.63, 3.8) is 0 Å². The first-order valence-corrected chi connectivity index (χ1v) is 13.5. The minimum Gasteiger partial charge on any atom is -0.507 e. The van der Waals surface area contributed by atoms with Gasteiger partial charge < -0.3 is 14.3 Å². The number of benzene rings is 3. The molecular formula is C28H34O4Si. The maximum absolute atomic E-state index is 13.3. The summed E-state index contributed by atoms with van der Waals surface area (Å²) in [6, 6.07) is 20.7. The molecule has 0 amide bonds. The predicted molar refractivity (Wildman–Crippen MR) is 136 cm³/mol. The van der Waals surface area contributed by atoms with Gasteiger partial charge in [-0.1, -0.05) is 63.6 Å². The first kappa shape index (κ1) is 24.7. The van der Waals surface area contributed by atoms with Crippen molar-refractivity contribution in [2.75, 3.05) is 7.11 Å². The van der Waals surface area contributed by atoms with Gasteiger partial charge in [-0.25, -0.2) is 0 Å². The van der Waals surface area contributed by atoms with Gasteiger partial charge in [-0.15, -0.1) is 0 Å². The number of hydrogen-bond donors (Lipinski definition) is 1. The van der Waals surface area contributed by atoms with E-state index in [1.54, 1.807) is 37.4 Å². The van der Waals surface area contributed by atoms with E-state index in [9.17, 15) is 9.90 Å². The third-order valence-corrected chi connectivity index (χ3v) is 11.6. The SMILES string of the molecule is COc1ccc(C(=O)c2cc([Si](OCc3ccc(C)cc3)(C(C)C)C(C)C)ccc2O)cc1. The normalized spacial score (nSPS) is 11.8. The molecule has 0 aromatic heterocycles. The monoisotopic (exact) mass is 462 g/mol. The van der Waals surface area contributed by atoms with Crippen LogP contribution in [-0.2, 0) is 11.0 Å². The van der Waals surface area contributed by atoms with E-state index in [1.165, 1.54) is 5.56 Å². The lowest BCUT2D eigenvalue weighted by atomic mass is 10.0. The second kappa shape index (κ2) is 10.4. The zero-order valence-corrected chi connectivity index (χ0v) is 21.4. The van der Waals surface area contributed by atoms with Crippen LogP contribution in [0.2, 0.25) is 11.1 Å². The van der Waals surface area contributed by atoms with Crippen LogP contribution >= 0.6 is 0 Å². The van der Waals surface area contributed by atoms with Gasteiger partial charge in [-0.05, 0) is 65.2 Å². The highest BCUT2D eigenvalue weighted by atomic mass is 28.4. The summed E-state index contributed by atoms with van der Waals surface area (Å²) in [7, 11) is -0.934. The molecular weight excluding hydrogens is 428 g/mol. The fourth-order valence-corrected chi connectivity index (χ4v) is 9.12. The van der Waals surface area contributed by atoms with Gasteiger partial charge in [-0.3, -0.25) is 4.79 Å². The molecule has 1 N–H and O–H groups in total. The number of methoxy groups -OCH3 is 1. The molecule has 33 heavy (non-hydrogen) atoms. The molecule has 0 unspecified atom stereocenters. The number of carbonyl (C=O) groups is 1. The van der Waals surface area contributed by atoms with Crippen molar-refractivity contribution < 1.29 is 19.1 Å². The first-order valence-electron chi connectivity index (χ1n) is 11.4. The number of rotatable bonds is 9. The molecule has 0 aliphatic carbocycles. The average Bonchev–Trinajstić information content (AvgIpc) is 2.80. The Morgan fingerprint density at radius 3 is 2.06 bits per heavy atom. The van der Waals surface area contributed by atoms with Crippen LogP contribution in [0.5, 0.6) is 11.5 Å².